The molecule has 0 amide bonds. The lowest BCUT2D eigenvalue weighted by molar-refractivity contribution is -0.124. The minimum absolute atomic E-state index is 0.0354. The predicted molar refractivity (Wildman–Crippen MR) is 151 cm³/mol. The number of hydrogen-bond acceptors (Lipinski definition) is 3. The van der Waals surface area contributed by atoms with Gasteiger partial charge < -0.3 is 0 Å². The van der Waals surface area contributed by atoms with Gasteiger partial charge in [0.25, 0.3) is 0 Å². The lowest BCUT2D eigenvalue weighted by atomic mass is 10.0. The van der Waals surface area contributed by atoms with Gasteiger partial charge in [-0.25, -0.2) is 0 Å². The molecule has 0 N–H and O–H groups in total. The van der Waals surface area contributed by atoms with E-state index in [9.17, 15) is 4.79 Å². The minimum atomic E-state index is 0.0354. The first-order valence-corrected chi connectivity index (χ1v) is 13.9. The molecular formula is C30H51ClN2O. The predicted octanol–water partition coefficient (Wildman–Crippen LogP) is 7.73. The molecule has 0 aromatic rings. The van der Waals surface area contributed by atoms with Crippen molar-refractivity contribution in [2.24, 2.45) is 0 Å². The number of carbonyl (C=O) groups excluding carboxylic acids is 1. The van der Waals surface area contributed by atoms with Gasteiger partial charge in [-0.05, 0) is 99.5 Å². The van der Waals surface area contributed by atoms with E-state index in [1.807, 2.05) is 0 Å². The molecule has 1 heterocycles. The van der Waals surface area contributed by atoms with E-state index < -0.39 is 0 Å². The normalized spacial score (nSPS) is 18.9. The molecule has 1 saturated heterocycles. The molecule has 34 heavy (non-hydrogen) atoms. The van der Waals surface area contributed by atoms with E-state index in [1.165, 1.54) is 28.7 Å². The van der Waals surface area contributed by atoms with Crippen LogP contribution < -0.4 is 0 Å². The van der Waals surface area contributed by atoms with Crippen LogP contribution in [0.5, 0.6) is 0 Å². The average molecular weight is 491 g/mol. The van der Waals surface area contributed by atoms with Gasteiger partial charge in [-0.3, -0.25) is 14.6 Å². The van der Waals surface area contributed by atoms with E-state index in [0.29, 0.717) is 5.88 Å². The number of rotatable bonds is 16. The Kier molecular flexibility index (Phi) is 16.5. The van der Waals surface area contributed by atoms with Crippen molar-refractivity contribution >= 4 is 17.4 Å². The van der Waals surface area contributed by atoms with Crippen LogP contribution in [0, 0.1) is 0 Å². The Labute approximate surface area is 216 Å². The summed E-state index contributed by atoms with van der Waals surface area (Å²) in [6, 6.07) is 0.0354. The maximum absolute atomic E-state index is 12.2. The van der Waals surface area contributed by atoms with E-state index in [4.69, 9.17) is 11.6 Å². The van der Waals surface area contributed by atoms with Crippen molar-refractivity contribution in [3.63, 3.8) is 0 Å². The number of Topliss-reactive ketones (excluding diaryl/α,β-unsaturated/α-hetero) is 1. The zero-order chi connectivity index (χ0) is 25.3. The second kappa shape index (κ2) is 18.2. The molecule has 1 fully saturated rings. The fourth-order valence-corrected chi connectivity index (χ4v) is 4.57. The van der Waals surface area contributed by atoms with Gasteiger partial charge in [0.2, 0.25) is 0 Å². The van der Waals surface area contributed by atoms with Gasteiger partial charge in [0.1, 0.15) is 5.78 Å². The number of piperazine rings is 1. The fourth-order valence-electron chi connectivity index (χ4n) is 4.38. The molecule has 0 radical (unpaired) electrons. The lowest BCUT2D eigenvalue weighted by Gasteiger charge is -2.40. The van der Waals surface area contributed by atoms with Gasteiger partial charge in [0, 0.05) is 32.1 Å². The number of halogens is 1. The molecule has 1 unspecified atom stereocenters. The van der Waals surface area contributed by atoms with Gasteiger partial charge in [0.15, 0.2) is 0 Å². The Hall–Kier alpha value is -1.16. The van der Waals surface area contributed by atoms with Crippen molar-refractivity contribution in [3.05, 3.63) is 46.6 Å². The standard InChI is InChI=1S/C30H51ClN2O/c1-25(2)12-9-13-26(3)14-10-15-27(4)16-11-17-28(5)18-21-32-22-23-33(20-8-7-19-31)30(24-32)29(6)34/h12,14,16,18,30H,7-11,13,15,17,19-24H2,1-6H3. The molecule has 0 bridgehead atoms. The third-order valence-electron chi connectivity index (χ3n) is 6.73. The number of alkyl halides is 1. The number of unbranched alkanes of at least 4 members (excludes halogenated alkanes) is 1. The minimum Gasteiger partial charge on any atom is -0.298 e. The Bertz CT molecular complexity index is 715. The molecule has 4 heteroatoms. The SMILES string of the molecule is CC(=O)C1CN(CC=C(C)CCC=C(C)CCC=C(C)CCC=C(C)C)CCN1CCCCCl. The zero-order valence-electron chi connectivity index (χ0n) is 23.0. The molecule has 1 aliphatic rings. The summed E-state index contributed by atoms with van der Waals surface area (Å²) in [6.45, 7) is 17.6. The summed E-state index contributed by atoms with van der Waals surface area (Å²) < 4.78 is 0. The molecule has 0 saturated carbocycles. The first kappa shape index (κ1) is 30.9. The van der Waals surface area contributed by atoms with Crippen LogP contribution >= 0.6 is 11.6 Å². The molecule has 194 valence electrons. The smallest absolute Gasteiger partial charge is 0.148 e. The van der Waals surface area contributed by atoms with Crippen LogP contribution in [0.25, 0.3) is 0 Å². The third-order valence-corrected chi connectivity index (χ3v) is 6.99. The second-order valence-corrected chi connectivity index (χ2v) is 10.7. The summed E-state index contributed by atoms with van der Waals surface area (Å²) in [5, 5.41) is 0. The van der Waals surface area contributed by atoms with Crippen LogP contribution in [0.3, 0.4) is 0 Å². The summed E-state index contributed by atoms with van der Waals surface area (Å²) in [5.74, 6) is 0.992. The first-order chi connectivity index (χ1) is 16.2. The molecule has 1 atom stereocenters. The topological polar surface area (TPSA) is 23.6 Å². The van der Waals surface area contributed by atoms with E-state index in [2.05, 4.69) is 68.7 Å². The number of carbonyl (C=O) groups is 1. The van der Waals surface area contributed by atoms with Gasteiger partial charge in [-0.1, -0.05) is 46.6 Å². The average Bonchev–Trinajstić information content (AvgIpc) is 2.78. The summed E-state index contributed by atoms with van der Waals surface area (Å²) >= 11 is 5.81. The van der Waals surface area contributed by atoms with Gasteiger partial charge >= 0.3 is 0 Å². The quantitative estimate of drug-likeness (QED) is 0.126. The Morgan fingerprint density at radius 2 is 1.35 bits per heavy atom. The van der Waals surface area contributed by atoms with Crippen molar-refractivity contribution in [2.75, 3.05) is 38.6 Å². The third kappa shape index (κ3) is 14.3. The number of ketones is 1. The lowest BCUT2D eigenvalue weighted by Crippen LogP contribution is -2.56. The van der Waals surface area contributed by atoms with Crippen LogP contribution in [0.4, 0.5) is 0 Å². The first-order valence-electron chi connectivity index (χ1n) is 13.4. The molecule has 1 rings (SSSR count). The Morgan fingerprint density at radius 3 is 1.88 bits per heavy atom. The zero-order valence-corrected chi connectivity index (χ0v) is 23.7. The summed E-state index contributed by atoms with van der Waals surface area (Å²) in [5.41, 5.74) is 5.86. The van der Waals surface area contributed by atoms with Crippen LogP contribution in [-0.4, -0.2) is 60.2 Å². The number of allylic oxidation sites excluding steroid dienone is 7. The summed E-state index contributed by atoms with van der Waals surface area (Å²) in [7, 11) is 0. The Morgan fingerprint density at radius 1 is 0.794 bits per heavy atom. The van der Waals surface area contributed by atoms with E-state index in [1.54, 1.807) is 6.92 Å². The molecule has 0 aromatic carbocycles. The van der Waals surface area contributed by atoms with E-state index in [0.717, 1.165) is 77.7 Å². The van der Waals surface area contributed by atoms with Crippen molar-refractivity contribution in [3.8, 4) is 0 Å². The fraction of sp³-hybridized carbons (Fsp3) is 0.700. The van der Waals surface area contributed by atoms with Crippen molar-refractivity contribution in [2.45, 2.75) is 99.0 Å². The largest absolute Gasteiger partial charge is 0.298 e. The molecule has 0 aromatic heterocycles. The highest BCUT2D eigenvalue weighted by Gasteiger charge is 2.29. The highest BCUT2D eigenvalue weighted by molar-refractivity contribution is 6.17. The molecule has 0 spiro atoms. The highest BCUT2D eigenvalue weighted by atomic mass is 35.5. The van der Waals surface area contributed by atoms with Crippen molar-refractivity contribution < 1.29 is 4.79 Å². The highest BCUT2D eigenvalue weighted by Crippen LogP contribution is 2.15. The van der Waals surface area contributed by atoms with E-state index in [-0.39, 0.29) is 11.8 Å². The molecular weight excluding hydrogens is 440 g/mol. The van der Waals surface area contributed by atoms with Crippen LogP contribution in [0.2, 0.25) is 0 Å². The van der Waals surface area contributed by atoms with Gasteiger partial charge in [-0.2, -0.15) is 0 Å². The molecule has 3 nitrogen and oxygen atoms in total. The monoisotopic (exact) mass is 490 g/mol. The summed E-state index contributed by atoms with van der Waals surface area (Å²) in [4.78, 5) is 17.0. The summed E-state index contributed by atoms with van der Waals surface area (Å²) in [6.07, 6.45) is 18.5. The van der Waals surface area contributed by atoms with Gasteiger partial charge in [-0.15, -0.1) is 11.6 Å². The number of nitrogens with zero attached hydrogens (tertiary/aromatic N) is 2. The molecule has 1 aliphatic heterocycles. The van der Waals surface area contributed by atoms with Crippen molar-refractivity contribution in [1.29, 1.82) is 0 Å². The Balaban J connectivity index is 2.35. The maximum atomic E-state index is 12.2. The van der Waals surface area contributed by atoms with Crippen LogP contribution in [0.1, 0.15) is 92.9 Å². The second-order valence-electron chi connectivity index (χ2n) is 10.4. The van der Waals surface area contributed by atoms with Crippen LogP contribution in [0.15, 0.2) is 46.6 Å². The number of hydrogen-bond donors (Lipinski definition) is 0. The molecule has 0 aliphatic carbocycles. The van der Waals surface area contributed by atoms with Crippen LogP contribution in [-0.2, 0) is 4.79 Å². The van der Waals surface area contributed by atoms with Crippen molar-refractivity contribution in [1.82, 2.24) is 9.80 Å². The van der Waals surface area contributed by atoms with E-state index >= 15 is 0 Å². The maximum Gasteiger partial charge on any atom is 0.148 e. The van der Waals surface area contributed by atoms with Gasteiger partial charge in [0.05, 0.1) is 6.04 Å².